The molecule has 0 aliphatic heterocycles. The topological polar surface area (TPSA) is 64.3 Å². The molecular weight excluding hydrogens is 300 g/mol. The van der Waals surface area contributed by atoms with Crippen molar-refractivity contribution in [3.05, 3.63) is 23.2 Å². The van der Waals surface area contributed by atoms with Crippen LogP contribution in [0.3, 0.4) is 0 Å². The van der Waals surface area contributed by atoms with Crippen molar-refractivity contribution < 1.29 is 9.53 Å². The number of carbonyl (C=O) groups excluding carboxylic acids is 1. The largest absolute Gasteiger partial charge is 0.493 e. The molecule has 0 aromatic heterocycles. The van der Waals surface area contributed by atoms with E-state index in [-0.39, 0.29) is 17.9 Å². The van der Waals surface area contributed by atoms with Crippen molar-refractivity contribution in [1.29, 1.82) is 0 Å². The number of rotatable bonds is 3. The fraction of sp³-hybridized carbons (Fsp3) is 0.588. The highest BCUT2D eigenvalue weighted by Crippen LogP contribution is 2.42. The first-order valence-electron chi connectivity index (χ1n) is 7.99. The van der Waals surface area contributed by atoms with Crippen molar-refractivity contribution in [3.63, 3.8) is 0 Å². The predicted octanol–water partition coefficient (Wildman–Crippen LogP) is 3.44. The molecule has 120 valence electrons. The van der Waals surface area contributed by atoms with Crippen LogP contribution in [0, 0.1) is 17.8 Å². The van der Waals surface area contributed by atoms with Gasteiger partial charge in [-0.25, -0.2) is 0 Å². The van der Waals surface area contributed by atoms with Crippen LogP contribution in [0.4, 0.5) is 5.69 Å². The minimum Gasteiger partial charge on any atom is -0.493 e. The van der Waals surface area contributed by atoms with Crippen LogP contribution in [0.25, 0.3) is 0 Å². The van der Waals surface area contributed by atoms with Gasteiger partial charge in [-0.1, -0.05) is 24.1 Å². The average molecular weight is 323 g/mol. The molecule has 2 aliphatic carbocycles. The summed E-state index contributed by atoms with van der Waals surface area (Å²) in [6.07, 6.45) is 5.35. The average Bonchev–Trinajstić information content (AvgIpc) is 2.47. The lowest BCUT2D eigenvalue weighted by Crippen LogP contribution is -2.48. The first-order valence-corrected chi connectivity index (χ1v) is 8.37. The van der Waals surface area contributed by atoms with E-state index in [1.54, 1.807) is 13.2 Å². The lowest BCUT2D eigenvalue weighted by molar-refractivity contribution is -0.122. The highest BCUT2D eigenvalue weighted by Gasteiger charge is 2.40. The van der Waals surface area contributed by atoms with Crippen LogP contribution in [0.1, 0.15) is 32.1 Å². The molecule has 0 spiro atoms. The molecule has 22 heavy (non-hydrogen) atoms. The van der Waals surface area contributed by atoms with Gasteiger partial charge in [0.1, 0.15) is 0 Å². The highest BCUT2D eigenvalue weighted by molar-refractivity contribution is 6.32. The van der Waals surface area contributed by atoms with Gasteiger partial charge < -0.3 is 15.8 Å². The summed E-state index contributed by atoms with van der Waals surface area (Å²) in [7, 11) is 1.56. The lowest BCUT2D eigenvalue weighted by atomic mass is 9.65. The molecule has 2 bridgehead atoms. The summed E-state index contributed by atoms with van der Waals surface area (Å²) < 4.78 is 5.29. The molecular formula is C17H23ClN2O2. The third-order valence-corrected chi connectivity index (χ3v) is 5.51. The van der Waals surface area contributed by atoms with E-state index in [0.29, 0.717) is 28.3 Å². The predicted molar refractivity (Wildman–Crippen MR) is 88.2 cm³/mol. The summed E-state index contributed by atoms with van der Waals surface area (Å²) >= 11 is 6.10. The van der Waals surface area contributed by atoms with Gasteiger partial charge in [0, 0.05) is 12.0 Å². The summed E-state index contributed by atoms with van der Waals surface area (Å²) in [5.41, 5.74) is 6.93. The number of halogens is 1. The monoisotopic (exact) mass is 322 g/mol. The second-order valence-corrected chi connectivity index (χ2v) is 6.91. The summed E-state index contributed by atoms with van der Waals surface area (Å²) in [6.45, 7) is 0. The fourth-order valence-electron chi connectivity index (χ4n) is 4.05. The van der Waals surface area contributed by atoms with Crippen molar-refractivity contribution >= 4 is 23.2 Å². The number of para-hydroxylation sites is 1. The molecule has 3 N–H and O–H groups in total. The van der Waals surface area contributed by atoms with Gasteiger partial charge in [-0.15, -0.1) is 0 Å². The Morgan fingerprint density at radius 2 is 2.00 bits per heavy atom. The summed E-state index contributed by atoms with van der Waals surface area (Å²) in [6, 6.07) is 5.66. The third kappa shape index (κ3) is 2.95. The van der Waals surface area contributed by atoms with Crippen LogP contribution in [0.2, 0.25) is 5.02 Å². The van der Waals surface area contributed by atoms with Gasteiger partial charge in [-0.2, -0.15) is 0 Å². The maximum absolute atomic E-state index is 12.6. The molecule has 3 rings (SSSR count). The Labute approximate surface area is 136 Å². The van der Waals surface area contributed by atoms with E-state index in [2.05, 4.69) is 5.32 Å². The van der Waals surface area contributed by atoms with E-state index in [0.717, 1.165) is 25.7 Å². The van der Waals surface area contributed by atoms with Crippen molar-refractivity contribution in [1.82, 2.24) is 0 Å². The maximum atomic E-state index is 12.6. The molecule has 4 nitrogen and oxygen atoms in total. The first kappa shape index (κ1) is 15.6. The number of nitrogens with one attached hydrogen (secondary N) is 1. The zero-order chi connectivity index (χ0) is 15.7. The molecule has 1 aromatic carbocycles. The number of anilines is 1. The Kier molecular flexibility index (Phi) is 4.59. The highest BCUT2D eigenvalue weighted by atomic mass is 35.5. The Balaban J connectivity index is 1.72. The van der Waals surface area contributed by atoms with Crippen molar-refractivity contribution in [2.75, 3.05) is 12.4 Å². The van der Waals surface area contributed by atoms with E-state index in [4.69, 9.17) is 22.1 Å². The second-order valence-electron chi connectivity index (χ2n) is 6.51. The number of ether oxygens (including phenoxy) is 1. The van der Waals surface area contributed by atoms with Gasteiger partial charge in [0.25, 0.3) is 0 Å². The van der Waals surface area contributed by atoms with Gasteiger partial charge in [0.2, 0.25) is 5.91 Å². The zero-order valence-electron chi connectivity index (χ0n) is 12.8. The maximum Gasteiger partial charge on any atom is 0.227 e. The molecule has 2 aliphatic rings. The van der Waals surface area contributed by atoms with Crippen LogP contribution >= 0.6 is 11.6 Å². The van der Waals surface area contributed by atoms with Crippen LogP contribution in [0.15, 0.2) is 18.2 Å². The molecule has 2 fully saturated rings. The van der Waals surface area contributed by atoms with Crippen molar-refractivity contribution in [3.8, 4) is 5.75 Å². The van der Waals surface area contributed by atoms with Crippen LogP contribution < -0.4 is 15.8 Å². The Morgan fingerprint density at radius 1 is 1.32 bits per heavy atom. The fourth-order valence-corrected chi connectivity index (χ4v) is 4.30. The van der Waals surface area contributed by atoms with Crippen LogP contribution in [-0.4, -0.2) is 19.1 Å². The smallest absolute Gasteiger partial charge is 0.227 e. The van der Waals surface area contributed by atoms with Gasteiger partial charge in [-0.05, 0) is 49.7 Å². The van der Waals surface area contributed by atoms with E-state index >= 15 is 0 Å². The summed E-state index contributed by atoms with van der Waals surface area (Å²) in [5, 5.41) is 3.49. The summed E-state index contributed by atoms with van der Waals surface area (Å²) in [4.78, 5) is 12.6. The van der Waals surface area contributed by atoms with Crippen LogP contribution in [-0.2, 0) is 4.79 Å². The minimum absolute atomic E-state index is 0.0405. The van der Waals surface area contributed by atoms with E-state index in [1.165, 1.54) is 6.42 Å². The van der Waals surface area contributed by atoms with Gasteiger partial charge in [0.05, 0.1) is 17.8 Å². The van der Waals surface area contributed by atoms with Crippen molar-refractivity contribution in [2.24, 2.45) is 23.5 Å². The number of fused-ring (bicyclic) bond motifs is 2. The zero-order valence-corrected chi connectivity index (χ0v) is 13.6. The SMILES string of the molecule is COc1c(Cl)cccc1NC(=O)C1CC2CCCC(C1)C2N. The molecule has 2 saturated carbocycles. The molecule has 2 unspecified atom stereocenters. The molecule has 0 heterocycles. The van der Waals surface area contributed by atoms with E-state index < -0.39 is 0 Å². The van der Waals surface area contributed by atoms with E-state index in [1.807, 2.05) is 12.1 Å². The molecule has 5 heteroatoms. The van der Waals surface area contributed by atoms with Gasteiger partial charge >= 0.3 is 0 Å². The molecule has 1 amide bonds. The quantitative estimate of drug-likeness (QED) is 0.896. The van der Waals surface area contributed by atoms with E-state index in [9.17, 15) is 4.79 Å². The Bertz CT molecular complexity index is 550. The normalized spacial score (nSPS) is 30.7. The number of amides is 1. The number of hydrogen-bond acceptors (Lipinski definition) is 3. The molecule has 0 radical (unpaired) electrons. The standard InChI is InChI=1S/C17H23ClN2O2/c1-22-16-13(18)6-3-7-14(16)20-17(21)12-8-10-4-2-5-11(9-12)15(10)19/h3,6-7,10-12,15H,2,4-5,8-9,19H2,1H3,(H,20,21). The van der Waals surface area contributed by atoms with Gasteiger partial charge in [0.15, 0.2) is 5.75 Å². The third-order valence-electron chi connectivity index (χ3n) is 5.21. The van der Waals surface area contributed by atoms with Crippen molar-refractivity contribution in [2.45, 2.75) is 38.1 Å². The summed E-state index contributed by atoms with van der Waals surface area (Å²) in [5.74, 6) is 1.60. The second kappa shape index (κ2) is 6.47. The van der Waals surface area contributed by atoms with Gasteiger partial charge in [-0.3, -0.25) is 4.79 Å². The number of methoxy groups -OCH3 is 1. The number of nitrogens with two attached hydrogens (primary N) is 1. The lowest BCUT2D eigenvalue weighted by Gasteiger charge is -2.43. The molecule has 0 saturated heterocycles. The molecule has 1 aromatic rings. The first-order chi connectivity index (χ1) is 10.6. The number of benzene rings is 1. The Morgan fingerprint density at radius 3 is 2.64 bits per heavy atom. The number of carbonyl (C=O) groups is 1. The van der Waals surface area contributed by atoms with Crippen LogP contribution in [0.5, 0.6) is 5.75 Å². The Hall–Kier alpha value is -1.26. The molecule has 2 atom stereocenters. The minimum atomic E-state index is 0.0405. The number of hydrogen-bond donors (Lipinski definition) is 2.